The van der Waals surface area contributed by atoms with E-state index in [4.69, 9.17) is 14.5 Å². The number of hydrogen-bond acceptors (Lipinski definition) is 10. The summed E-state index contributed by atoms with van der Waals surface area (Å²) in [5.74, 6) is 1.70. The van der Waals surface area contributed by atoms with Crippen LogP contribution in [0.3, 0.4) is 0 Å². The molecule has 1 aromatic heterocycles. The number of nitrogens with one attached hydrogen (secondary N) is 1. The fourth-order valence-electron chi connectivity index (χ4n) is 3.39. The molecule has 2 fully saturated rings. The normalized spacial score (nSPS) is 17.3. The van der Waals surface area contributed by atoms with Crippen molar-refractivity contribution < 1.29 is 9.47 Å². The van der Waals surface area contributed by atoms with Crippen LogP contribution < -0.4 is 20.1 Å². The molecule has 0 bridgehead atoms. The third-order valence-corrected chi connectivity index (χ3v) is 5.22. The van der Waals surface area contributed by atoms with Crippen molar-refractivity contribution in [3.63, 3.8) is 0 Å². The molecule has 2 aliphatic rings. The van der Waals surface area contributed by atoms with Crippen molar-refractivity contribution in [2.24, 2.45) is 5.10 Å². The third kappa shape index (κ3) is 5.92. The molecule has 2 saturated heterocycles. The summed E-state index contributed by atoms with van der Waals surface area (Å²) in [7, 11) is 4.05. The summed E-state index contributed by atoms with van der Waals surface area (Å²) in [6, 6.07) is 8.31. The lowest BCUT2D eigenvalue weighted by Gasteiger charge is -2.30. The van der Waals surface area contributed by atoms with Gasteiger partial charge in [-0.1, -0.05) is 18.2 Å². The molecule has 4 rings (SSSR count). The molecule has 10 nitrogen and oxygen atoms in total. The molecular formula is C22H30N8O2. The Morgan fingerprint density at radius 3 is 1.97 bits per heavy atom. The molecule has 1 aromatic carbocycles. The molecule has 0 atom stereocenters. The van der Waals surface area contributed by atoms with Crippen LogP contribution in [0, 0.1) is 0 Å². The Balaban J connectivity index is 1.44. The summed E-state index contributed by atoms with van der Waals surface area (Å²) in [4.78, 5) is 20.1. The summed E-state index contributed by atoms with van der Waals surface area (Å²) in [6.45, 7) is 5.68. The molecule has 10 heteroatoms. The average Bonchev–Trinajstić information content (AvgIpc) is 2.85. The monoisotopic (exact) mass is 438 g/mol. The van der Waals surface area contributed by atoms with Crippen molar-refractivity contribution in [3.8, 4) is 0 Å². The Bertz CT molecular complexity index is 884. The number of allylic oxidation sites excluding steroid dienone is 1. The lowest BCUT2D eigenvalue weighted by atomic mass is 10.2. The minimum absolute atomic E-state index is 0.419. The van der Waals surface area contributed by atoms with E-state index >= 15 is 0 Å². The first-order chi connectivity index (χ1) is 15.7. The van der Waals surface area contributed by atoms with Crippen LogP contribution in [-0.2, 0) is 9.47 Å². The van der Waals surface area contributed by atoms with Gasteiger partial charge in [0.15, 0.2) is 0 Å². The van der Waals surface area contributed by atoms with Gasteiger partial charge in [-0.05, 0) is 23.8 Å². The van der Waals surface area contributed by atoms with E-state index in [1.54, 1.807) is 6.21 Å². The number of ether oxygens (including phenoxy) is 2. The summed E-state index contributed by atoms with van der Waals surface area (Å²) in [6.07, 6.45) is 5.56. The van der Waals surface area contributed by atoms with Gasteiger partial charge in [-0.15, -0.1) is 0 Å². The number of morpholine rings is 2. The smallest absolute Gasteiger partial charge is 0.250 e. The molecule has 0 unspecified atom stereocenters. The Kier molecular flexibility index (Phi) is 7.47. The summed E-state index contributed by atoms with van der Waals surface area (Å²) in [5, 5.41) is 4.27. The second-order valence-electron chi connectivity index (χ2n) is 7.69. The van der Waals surface area contributed by atoms with Crippen molar-refractivity contribution in [2.75, 3.05) is 86.8 Å². The van der Waals surface area contributed by atoms with Crippen LogP contribution in [0.1, 0.15) is 5.56 Å². The SMILES string of the molecule is CN(C)c1ccc(/C=C/C=NNc2nc(N3CCOCC3)nc(N3CCOCC3)n2)cc1. The average molecular weight is 439 g/mol. The predicted molar refractivity (Wildman–Crippen MR) is 128 cm³/mol. The van der Waals surface area contributed by atoms with Gasteiger partial charge in [0.05, 0.1) is 26.4 Å². The molecule has 2 aromatic rings. The van der Waals surface area contributed by atoms with Crippen LogP contribution in [-0.4, -0.2) is 87.9 Å². The first kappa shape index (κ1) is 22.0. The van der Waals surface area contributed by atoms with E-state index in [0.717, 1.165) is 31.7 Å². The van der Waals surface area contributed by atoms with Crippen molar-refractivity contribution in [2.45, 2.75) is 0 Å². The quantitative estimate of drug-likeness (QED) is 0.512. The largest absolute Gasteiger partial charge is 0.378 e. The fourth-order valence-corrected chi connectivity index (χ4v) is 3.39. The highest BCUT2D eigenvalue weighted by Crippen LogP contribution is 2.19. The highest BCUT2D eigenvalue weighted by atomic mass is 16.5. The number of aromatic nitrogens is 3. The maximum atomic E-state index is 5.46. The maximum absolute atomic E-state index is 5.46. The minimum Gasteiger partial charge on any atom is -0.378 e. The number of hydrogen-bond donors (Lipinski definition) is 1. The number of rotatable bonds is 7. The Morgan fingerprint density at radius 2 is 1.44 bits per heavy atom. The molecule has 0 spiro atoms. The van der Waals surface area contributed by atoms with Crippen LogP contribution >= 0.6 is 0 Å². The molecular weight excluding hydrogens is 408 g/mol. The van der Waals surface area contributed by atoms with E-state index < -0.39 is 0 Å². The van der Waals surface area contributed by atoms with Crippen LogP contribution in [0.2, 0.25) is 0 Å². The summed E-state index contributed by atoms with van der Waals surface area (Å²) < 4.78 is 10.9. The Morgan fingerprint density at radius 1 is 0.875 bits per heavy atom. The maximum Gasteiger partial charge on any atom is 0.250 e. The zero-order chi connectivity index (χ0) is 22.2. The van der Waals surface area contributed by atoms with Gasteiger partial charge in [-0.3, -0.25) is 0 Å². The topological polar surface area (TPSA) is 91.2 Å². The van der Waals surface area contributed by atoms with Crippen molar-refractivity contribution >= 4 is 35.8 Å². The molecule has 2 aliphatic heterocycles. The highest BCUT2D eigenvalue weighted by Gasteiger charge is 2.20. The second kappa shape index (κ2) is 10.9. The van der Waals surface area contributed by atoms with Gasteiger partial charge in [0.2, 0.25) is 17.8 Å². The first-order valence-electron chi connectivity index (χ1n) is 10.8. The Labute approximate surface area is 188 Å². The standard InChI is InChI=1S/C22H30N8O2/c1-28(2)19-7-5-18(6-8-19)4-3-9-23-27-20-24-21(29-10-14-31-15-11-29)26-22(25-20)30-12-16-32-17-13-30/h3-9H,10-17H2,1-2H3,(H,24,25,26,27)/b4-3+,23-9?. The zero-order valence-electron chi connectivity index (χ0n) is 18.6. The molecule has 170 valence electrons. The van der Waals surface area contributed by atoms with Gasteiger partial charge in [-0.2, -0.15) is 20.1 Å². The van der Waals surface area contributed by atoms with Crippen LogP contribution in [0.4, 0.5) is 23.5 Å². The lowest BCUT2D eigenvalue weighted by Crippen LogP contribution is -2.40. The van der Waals surface area contributed by atoms with E-state index in [1.165, 1.54) is 5.69 Å². The van der Waals surface area contributed by atoms with Crippen LogP contribution in [0.25, 0.3) is 6.08 Å². The van der Waals surface area contributed by atoms with Crippen LogP contribution in [0.5, 0.6) is 0 Å². The van der Waals surface area contributed by atoms with Gasteiger partial charge in [0.1, 0.15) is 0 Å². The third-order valence-electron chi connectivity index (χ3n) is 5.22. The molecule has 0 amide bonds. The predicted octanol–water partition coefficient (Wildman–Crippen LogP) is 1.72. The van der Waals surface area contributed by atoms with Gasteiger partial charge in [-0.25, -0.2) is 5.43 Å². The van der Waals surface area contributed by atoms with Gasteiger partial charge in [0.25, 0.3) is 0 Å². The van der Waals surface area contributed by atoms with Gasteiger partial charge >= 0.3 is 0 Å². The van der Waals surface area contributed by atoms with E-state index in [-0.39, 0.29) is 0 Å². The molecule has 0 saturated carbocycles. The van der Waals surface area contributed by atoms with E-state index in [9.17, 15) is 0 Å². The van der Waals surface area contributed by atoms with E-state index in [2.05, 4.69) is 59.5 Å². The molecule has 3 heterocycles. The van der Waals surface area contributed by atoms with Crippen molar-refractivity contribution in [3.05, 3.63) is 35.9 Å². The fraction of sp³-hybridized carbons (Fsp3) is 0.455. The van der Waals surface area contributed by atoms with Crippen LogP contribution in [0.15, 0.2) is 35.4 Å². The zero-order valence-corrected chi connectivity index (χ0v) is 18.6. The Hall–Kier alpha value is -3.24. The lowest BCUT2D eigenvalue weighted by molar-refractivity contribution is 0.121. The summed E-state index contributed by atoms with van der Waals surface area (Å²) in [5.41, 5.74) is 5.22. The number of hydrazone groups is 1. The molecule has 1 N–H and O–H groups in total. The van der Waals surface area contributed by atoms with Gasteiger partial charge < -0.3 is 24.2 Å². The molecule has 32 heavy (non-hydrogen) atoms. The summed E-state index contributed by atoms with van der Waals surface area (Å²) >= 11 is 0. The minimum atomic E-state index is 0.419. The second-order valence-corrected chi connectivity index (χ2v) is 7.69. The number of benzene rings is 1. The molecule has 0 radical (unpaired) electrons. The first-order valence-corrected chi connectivity index (χ1v) is 10.8. The van der Waals surface area contributed by atoms with Gasteiger partial charge in [0, 0.05) is 52.2 Å². The molecule has 0 aliphatic carbocycles. The van der Waals surface area contributed by atoms with Crippen molar-refractivity contribution in [1.29, 1.82) is 0 Å². The van der Waals surface area contributed by atoms with E-state index in [0.29, 0.717) is 44.3 Å². The highest BCUT2D eigenvalue weighted by molar-refractivity contribution is 5.78. The van der Waals surface area contributed by atoms with E-state index in [1.807, 2.05) is 26.2 Å². The number of nitrogens with zero attached hydrogens (tertiary/aromatic N) is 7. The number of anilines is 4. The van der Waals surface area contributed by atoms with Crippen molar-refractivity contribution in [1.82, 2.24) is 15.0 Å².